The third kappa shape index (κ3) is 11.3. The van der Waals surface area contributed by atoms with E-state index < -0.39 is 24.1 Å². The Morgan fingerprint density at radius 1 is 1.06 bits per heavy atom. The van der Waals surface area contributed by atoms with Crippen molar-refractivity contribution in [1.29, 1.82) is 0 Å². The van der Waals surface area contributed by atoms with Crippen molar-refractivity contribution in [3.05, 3.63) is 65.3 Å². The molecule has 1 aromatic carbocycles. The zero-order valence-corrected chi connectivity index (χ0v) is 20.4. The van der Waals surface area contributed by atoms with Crippen molar-refractivity contribution >= 4 is 18.2 Å². The largest absolute Gasteiger partial charge is 0.497 e. The van der Waals surface area contributed by atoms with Crippen LogP contribution in [0.4, 0.5) is 0 Å². The molecule has 0 amide bonds. The maximum absolute atomic E-state index is 11.8. The lowest BCUT2D eigenvalue weighted by Gasteiger charge is -2.25. The number of rotatable bonds is 12. The standard InChI is InChI=1S/C27H32O7/c1-19(2)8-7-9-20(3)26(33-17-23-10-12-25(31-6)13-11-23)16-27(34-22(5)30)24(14-15-28)18-32-21(4)29/h8,10-15,26-27H,3,16-18H2,1-2,4-6H3/b24-14+/t26-,27-/m0/s1. The highest BCUT2D eigenvalue weighted by Gasteiger charge is 2.25. The molecular weight excluding hydrogens is 436 g/mol. The fourth-order valence-corrected chi connectivity index (χ4v) is 2.77. The first-order chi connectivity index (χ1) is 16.2. The van der Waals surface area contributed by atoms with E-state index in [0.717, 1.165) is 16.9 Å². The molecule has 7 nitrogen and oxygen atoms in total. The monoisotopic (exact) mass is 468 g/mol. The van der Waals surface area contributed by atoms with Crippen LogP contribution in [0.3, 0.4) is 0 Å². The van der Waals surface area contributed by atoms with Crippen LogP contribution in [-0.4, -0.2) is 44.1 Å². The minimum Gasteiger partial charge on any atom is -0.497 e. The molecule has 1 rings (SSSR count). The zero-order chi connectivity index (χ0) is 25.5. The third-order valence-corrected chi connectivity index (χ3v) is 4.47. The number of hydrogen-bond donors (Lipinski definition) is 0. The molecule has 0 spiro atoms. The minimum atomic E-state index is -0.884. The molecule has 0 aliphatic carbocycles. The predicted octanol–water partition coefficient (Wildman–Crippen LogP) is 4.12. The second-order valence-corrected chi connectivity index (χ2v) is 7.66. The normalized spacial score (nSPS) is 12.3. The number of benzene rings is 1. The lowest BCUT2D eigenvalue weighted by atomic mass is 9.99. The zero-order valence-electron chi connectivity index (χ0n) is 20.4. The first-order valence-electron chi connectivity index (χ1n) is 10.7. The number of allylic oxidation sites excluding steroid dienone is 3. The van der Waals surface area contributed by atoms with E-state index in [2.05, 4.69) is 18.4 Å². The molecule has 0 unspecified atom stereocenters. The Morgan fingerprint density at radius 3 is 2.26 bits per heavy atom. The molecule has 1 aromatic rings. The van der Waals surface area contributed by atoms with Gasteiger partial charge in [-0.3, -0.25) is 14.4 Å². The van der Waals surface area contributed by atoms with E-state index in [1.54, 1.807) is 13.2 Å². The molecule has 0 bridgehead atoms. The number of esters is 2. The number of carbonyl (C=O) groups excluding carboxylic acids is 3. The summed E-state index contributed by atoms with van der Waals surface area (Å²) in [4.78, 5) is 34.3. The number of hydrogen-bond acceptors (Lipinski definition) is 7. The summed E-state index contributed by atoms with van der Waals surface area (Å²) in [6, 6.07) is 7.39. The van der Waals surface area contributed by atoms with E-state index in [0.29, 0.717) is 17.4 Å². The fraction of sp³-hybridized carbons (Fsp3) is 0.370. The van der Waals surface area contributed by atoms with Crippen LogP contribution in [0.1, 0.15) is 39.7 Å². The summed E-state index contributed by atoms with van der Waals surface area (Å²) in [5.41, 5.74) is 2.72. The predicted molar refractivity (Wildman–Crippen MR) is 129 cm³/mol. The summed E-state index contributed by atoms with van der Waals surface area (Å²) in [5, 5.41) is 0. The summed E-state index contributed by atoms with van der Waals surface area (Å²) >= 11 is 0. The Balaban J connectivity index is 3.20. The molecule has 0 N–H and O–H groups in total. The Hall–Kier alpha value is -3.63. The average molecular weight is 469 g/mol. The second kappa shape index (κ2) is 15.3. The topological polar surface area (TPSA) is 88.1 Å². The van der Waals surface area contributed by atoms with E-state index in [-0.39, 0.29) is 19.6 Å². The molecule has 0 aliphatic rings. The Bertz CT molecular complexity index is 970. The summed E-state index contributed by atoms with van der Waals surface area (Å²) in [7, 11) is 1.59. The van der Waals surface area contributed by atoms with Crippen LogP contribution in [0.15, 0.2) is 59.7 Å². The van der Waals surface area contributed by atoms with Crippen molar-refractivity contribution < 1.29 is 33.3 Å². The van der Waals surface area contributed by atoms with Gasteiger partial charge in [-0.25, -0.2) is 0 Å². The Labute approximate surface area is 201 Å². The SMILES string of the molecule is C=C(C#CC=C(C)C)[C@H](C[C@H](OC(C)=O)/C(=C/C=O)COC(C)=O)OCc1ccc(OC)cc1. The van der Waals surface area contributed by atoms with Crippen LogP contribution in [0.2, 0.25) is 0 Å². The molecule has 2 atom stereocenters. The first kappa shape index (κ1) is 28.4. The highest BCUT2D eigenvalue weighted by molar-refractivity contribution is 5.70. The Morgan fingerprint density at radius 2 is 1.74 bits per heavy atom. The van der Waals surface area contributed by atoms with E-state index in [1.807, 2.05) is 38.1 Å². The van der Waals surface area contributed by atoms with Gasteiger partial charge in [-0.1, -0.05) is 36.1 Å². The maximum Gasteiger partial charge on any atom is 0.303 e. The van der Waals surface area contributed by atoms with Gasteiger partial charge in [0.1, 0.15) is 24.7 Å². The number of aldehydes is 1. The molecule has 0 fully saturated rings. The molecule has 0 radical (unpaired) electrons. The molecule has 34 heavy (non-hydrogen) atoms. The van der Waals surface area contributed by atoms with Crippen molar-refractivity contribution in [2.75, 3.05) is 13.7 Å². The quantitative estimate of drug-likeness (QED) is 0.197. The van der Waals surface area contributed by atoms with Gasteiger partial charge in [0.15, 0.2) is 0 Å². The van der Waals surface area contributed by atoms with E-state index in [4.69, 9.17) is 18.9 Å². The fourth-order valence-electron chi connectivity index (χ4n) is 2.77. The Kier molecular flexibility index (Phi) is 12.7. The molecule has 0 aromatic heterocycles. The molecule has 0 saturated carbocycles. The van der Waals surface area contributed by atoms with Gasteiger partial charge in [-0.05, 0) is 43.7 Å². The summed E-state index contributed by atoms with van der Waals surface area (Å²) < 4.78 is 21.8. The van der Waals surface area contributed by atoms with Crippen molar-refractivity contribution in [2.45, 2.75) is 52.9 Å². The highest BCUT2D eigenvalue weighted by Crippen LogP contribution is 2.22. The number of methoxy groups -OCH3 is 1. The third-order valence-electron chi connectivity index (χ3n) is 4.47. The van der Waals surface area contributed by atoms with Crippen molar-refractivity contribution in [3.63, 3.8) is 0 Å². The minimum absolute atomic E-state index is 0.124. The van der Waals surface area contributed by atoms with Crippen LogP contribution in [0.25, 0.3) is 0 Å². The van der Waals surface area contributed by atoms with Crippen LogP contribution < -0.4 is 4.74 Å². The van der Waals surface area contributed by atoms with E-state index >= 15 is 0 Å². The van der Waals surface area contributed by atoms with Gasteiger partial charge in [0.2, 0.25) is 0 Å². The van der Waals surface area contributed by atoms with Gasteiger partial charge in [0, 0.05) is 31.4 Å². The van der Waals surface area contributed by atoms with Crippen LogP contribution >= 0.6 is 0 Å². The van der Waals surface area contributed by atoms with Crippen molar-refractivity contribution in [2.24, 2.45) is 0 Å². The van der Waals surface area contributed by atoms with Gasteiger partial charge >= 0.3 is 11.9 Å². The highest BCUT2D eigenvalue weighted by atomic mass is 16.6. The summed E-state index contributed by atoms with van der Waals surface area (Å²) in [6.07, 6.45) is 2.12. The number of ether oxygens (including phenoxy) is 4. The molecule has 182 valence electrons. The van der Waals surface area contributed by atoms with Gasteiger partial charge in [-0.15, -0.1) is 0 Å². The van der Waals surface area contributed by atoms with Crippen molar-refractivity contribution in [3.8, 4) is 17.6 Å². The van der Waals surface area contributed by atoms with Crippen LogP contribution in [-0.2, 0) is 35.2 Å². The smallest absolute Gasteiger partial charge is 0.303 e. The molecule has 0 aliphatic heterocycles. The van der Waals surface area contributed by atoms with E-state index in [9.17, 15) is 14.4 Å². The molecular formula is C27H32O7. The maximum atomic E-state index is 11.8. The second-order valence-electron chi connectivity index (χ2n) is 7.66. The average Bonchev–Trinajstić information content (AvgIpc) is 2.78. The van der Waals surface area contributed by atoms with Gasteiger partial charge in [0.05, 0.1) is 19.8 Å². The van der Waals surface area contributed by atoms with Crippen LogP contribution in [0, 0.1) is 11.8 Å². The summed E-state index contributed by atoms with van der Waals surface area (Å²) in [5.74, 6) is 5.54. The lowest BCUT2D eigenvalue weighted by Crippen LogP contribution is -2.29. The molecule has 7 heteroatoms. The lowest BCUT2D eigenvalue weighted by molar-refractivity contribution is -0.146. The molecule has 0 heterocycles. The summed E-state index contributed by atoms with van der Waals surface area (Å²) in [6.45, 7) is 10.4. The van der Waals surface area contributed by atoms with Gasteiger partial charge in [0.25, 0.3) is 0 Å². The van der Waals surface area contributed by atoms with Crippen LogP contribution in [0.5, 0.6) is 5.75 Å². The first-order valence-corrected chi connectivity index (χ1v) is 10.7. The van der Waals surface area contributed by atoms with Gasteiger partial charge in [-0.2, -0.15) is 0 Å². The van der Waals surface area contributed by atoms with E-state index in [1.165, 1.54) is 19.9 Å². The number of carbonyl (C=O) groups is 3. The van der Waals surface area contributed by atoms with Crippen molar-refractivity contribution in [1.82, 2.24) is 0 Å². The van der Waals surface area contributed by atoms with Gasteiger partial charge < -0.3 is 18.9 Å². The molecule has 0 saturated heterocycles.